The van der Waals surface area contributed by atoms with Crippen LogP contribution in [0.1, 0.15) is 35.9 Å². The van der Waals surface area contributed by atoms with E-state index in [2.05, 4.69) is 10.2 Å². The molecule has 1 atom stereocenters. The highest BCUT2D eigenvalue weighted by Gasteiger charge is 2.37. The van der Waals surface area contributed by atoms with Gasteiger partial charge in [0.2, 0.25) is 10.0 Å². The number of H-pyrrole nitrogens is 1. The molecular weight excluding hydrogens is 270 g/mol. The Bertz CT molecular complexity index is 593. The predicted molar refractivity (Wildman–Crippen MR) is 67.4 cm³/mol. The average Bonchev–Trinajstić information content (AvgIpc) is 2.94. The lowest BCUT2D eigenvalue weighted by Crippen LogP contribution is -2.30. The van der Waals surface area contributed by atoms with Gasteiger partial charge < -0.3 is 5.11 Å². The highest BCUT2D eigenvalue weighted by Crippen LogP contribution is 2.28. The molecule has 1 aliphatic heterocycles. The largest absolute Gasteiger partial charge is 0.476 e. The fourth-order valence-electron chi connectivity index (χ4n) is 2.36. The van der Waals surface area contributed by atoms with Gasteiger partial charge in [0.15, 0.2) is 5.69 Å². The Labute approximate surface area is 111 Å². The number of hydrogen-bond acceptors (Lipinski definition) is 4. The van der Waals surface area contributed by atoms with E-state index in [1.165, 1.54) is 11.2 Å². The minimum atomic E-state index is -3.79. The lowest BCUT2D eigenvalue weighted by Gasteiger charge is -2.16. The van der Waals surface area contributed by atoms with Gasteiger partial charge in [-0.2, -0.15) is 9.40 Å². The second-order valence-corrected chi connectivity index (χ2v) is 6.63. The van der Waals surface area contributed by atoms with Crippen LogP contribution in [0.25, 0.3) is 0 Å². The molecule has 106 valence electrons. The van der Waals surface area contributed by atoms with Gasteiger partial charge in [-0.05, 0) is 19.3 Å². The van der Waals surface area contributed by atoms with E-state index in [9.17, 15) is 13.2 Å². The van der Waals surface area contributed by atoms with Crippen LogP contribution in [-0.4, -0.2) is 47.1 Å². The van der Waals surface area contributed by atoms with Crippen LogP contribution in [0, 0.1) is 12.8 Å². The number of nitrogens with zero attached hydrogens (tertiary/aromatic N) is 2. The molecule has 1 unspecified atom stereocenters. The maximum atomic E-state index is 12.5. The number of rotatable bonds is 4. The minimum Gasteiger partial charge on any atom is -0.476 e. The number of carboxylic acid groups (broad SMARTS) is 1. The van der Waals surface area contributed by atoms with Crippen molar-refractivity contribution in [2.24, 2.45) is 5.92 Å². The summed E-state index contributed by atoms with van der Waals surface area (Å²) in [6.07, 6.45) is 1.73. The van der Waals surface area contributed by atoms with E-state index in [0.717, 1.165) is 12.8 Å². The summed E-state index contributed by atoms with van der Waals surface area (Å²) in [6.45, 7) is 4.42. The van der Waals surface area contributed by atoms with E-state index in [-0.39, 0.29) is 10.6 Å². The van der Waals surface area contributed by atoms with E-state index in [0.29, 0.717) is 19.0 Å². The minimum absolute atomic E-state index is 0.211. The summed E-state index contributed by atoms with van der Waals surface area (Å²) < 4.78 is 26.4. The molecule has 0 radical (unpaired) electrons. The SMILES string of the molecule is CCC1CCN(S(=O)(=O)c2c(C(=O)O)n[nH]c2C)C1. The Hall–Kier alpha value is -1.41. The first-order chi connectivity index (χ1) is 8.87. The fraction of sp³-hybridized carbons (Fsp3) is 0.636. The topological polar surface area (TPSA) is 103 Å². The quantitative estimate of drug-likeness (QED) is 0.854. The number of aromatic nitrogens is 2. The summed E-state index contributed by atoms with van der Waals surface area (Å²) >= 11 is 0. The monoisotopic (exact) mass is 287 g/mol. The van der Waals surface area contributed by atoms with Crippen molar-refractivity contribution in [3.05, 3.63) is 11.4 Å². The summed E-state index contributed by atoms with van der Waals surface area (Å²) in [7, 11) is -3.79. The zero-order valence-corrected chi connectivity index (χ0v) is 11.7. The van der Waals surface area contributed by atoms with Crippen LogP contribution >= 0.6 is 0 Å². The highest BCUT2D eigenvalue weighted by molar-refractivity contribution is 7.89. The van der Waals surface area contributed by atoms with Crippen LogP contribution in [-0.2, 0) is 10.0 Å². The van der Waals surface area contributed by atoms with Crippen molar-refractivity contribution in [2.75, 3.05) is 13.1 Å². The third-order valence-electron chi connectivity index (χ3n) is 3.52. The molecule has 1 aromatic heterocycles. The van der Waals surface area contributed by atoms with Gasteiger partial charge in [0.05, 0.1) is 5.69 Å². The summed E-state index contributed by atoms with van der Waals surface area (Å²) in [5.41, 5.74) is -0.171. The van der Waals surface area contributed by atoms with Gasteiger partial charge in [0.1, 0.15) is 4.90 Å². The third-order valence-corrected chi connectivity index (χ3v) is 5.54. The number of aromatic amines is 1. The Morgan fingerprint density at radius 1 is 1.58 bits per heavy atom. The molecule has 0 aromatic carbocycles. The Balaban J connectivity index is 2.41. The van der Waals surface area contributed by atoms with Gasteiger partial charge in [0, 0.05) is 13.1 Å². The van der Waals surface area contributed by atoms with Gasteiger partial charge in [-0.3, -0.25) is 5.10 Å². The van der Waals surface area contributed by atoms with E-state index in [1.54, 1.807) is 0 Å². The van der Waals surface area contributed by atoms with Crippen molar-refractivity contribution in [1.82, 2.24) is 14.5 Å². The van der Waals surface area contributed by atoms with E-state index >= 15 is 0 Å². The highest BCUT2D eigenvalue weighted by atomic mass is 32.2. The first kappa shape index (κ1) is 14.0. The molecule has 1 aromatic rings. The van der Waals surface area contributed by atoms with Crippen LogP contribution in [0.15, 0.2) is 4.90 Å². The number of carbonyl (C=O) groups is 1. The number of aromatic carboxylic acids is 1. The average molecular weight is 287 g/mol. The lowest BCUT2D eigenvalue weighted by atomic mass is 10.1. The van der Waals surface area contributed by atoms with Gasteiger partial charge in [0.25, 0.3) is 0 Å². The molecule has 2 heterocycles. The lowest BCUT2D eigenvalue weighted by molar-refractivity contribution is 0.0686. The molecule has 0 aliphatic carbocycles. The standard InChI is InChI=1S/C11H17N3O4S/c1-3-8-4-5-14(6-8)19(17,18)10-7(2)12-13-9(10)11(15)16/h8H,3-6H2,1-2H3,(H,12,13)(H,15,16). The summed E-state index contributed by atoms with van der Waals surface area (Å²) in [4.78, 5) is 10.8. The van der Waals surface area contributed by atoms with Gasteiger partial charge in [-0.25, -0.2) is 13.2 Å². The summed E-state index contributed by atoms with van der Waals surface area (Å²) in [5.74, 6) is -0.996. The number of carboxylic acids is 1. The number of nitrogens with one attached hydrogen (secondary N) is 1. The van der Waals surface area contributed by atoms with E-state index in [4.69, 9.17) is 5.11 Å². The van der Waals surface area contributed by atoms with Crippen molar-refractivity contribution < 1.29 is 18.3 Å². The predicted octanol–water partition coefficient (Wildman–Crippen LogP) is 0.837. The Kier molecular flexibility index (Phi) is 3.64. The number of hydrogen-bond donors (Lipinski definition) is 2. The van der Waals surface area contributed by atoms with Crippen LogP contribution in [0.5, 0.6) is 0 Å². The number of sulfonamides is 1. The third kappa shape index (κ3) is 2.37. The van der Waals surface area contributed by atoms with Crippen LogP contribution in [0.3, 0.4) is 0 Å². The van der Waals surface area contributed by atoms with Gasteiger partial charge in [-0.1, -0.05) is 13.3 Å². The second-order valence-electron chi connectivity index (χ2n) is 4.76. The Morgan fingerprint density at radius 3 is 2.79 bits per heavy atom. The van der Waals surface area contributed by atoms with Crippen LogP contribution in [0.2, 0.25) is 0 Å². The van der Waals surface area contributed by atoms with Crippen molar-refractivity contribution in [2.45, 2.75) is 31.6 Å². The molecule has 0 saturated carbocycles. The van der Waals surface area contributed by atoms with Gasteiger partial charge >= 0.3 is 5.97 Å². The zero-order valence-electron chi connectivity index (χ0n) is 10.9. The second kappa shape index (κ2) is 4.93. The molecule has 19 heavy (non-hydrogen) atoms. The molecular formula is C11H17N3O4S. The summed E-state index contributed by atoms with van der Waals surface area (Å²) in [6, 6.07) is 0. The molecule has 7 nitrogen and oxygen atoms in total. The van der Waals surface area contributed by atoms with E-state index in [1.807, 2.05) is 6.92 Å². The molecule has 0 amide bonds. The fourth-order valence-corrected chi connectivity index (χ4v) is 4.18. The molecule has 0 spiro atoms. The molecule has 0 bridgehead atoms. The van der Waals surface area contributed by atoms with Crippen molar-refractivity contribution >= 4 is 16.0 Å². The normalized spacial score (nSPS) is 20.8. The smallest absolute Gasteiger partial charge is 0.357 e. The van der Waals surface area contributed by atoms with Gasteiger partial charge in [-0.15, -0.1) is 0 Å². The molecule has 1 fully saturated rings. The van der Waals surface area contributed by atoms with Crippen molar-refractivity contribution in [1.29, 1.82) is 0 Å². The molecule has 8 heteroatoms. The number of aryl methyl sites for hydroxylation is 1. The van der Waals surface area contributed by atoms with Crippen molar-refractivity contribution in [3.63, 3.8) is 0 Å². The van der Waals surface area contributed by atoms with Crippen molar-refractivity contribution in [3.8, 4) is 0 Å². The maximum absolute atomic E-state index is 12.5. The molecule has 2 N–H and O–H groups in total. The maximum Gasteiger partial charge on any atom is 0.357 e. The molecule has 1 aliphatic rings. The first-order valence-electron chi connectivity index (χ1n) is 6.16. The zero-order chi connectivity index (χ0) is 14.2. The van der Waals surface area contributed by atoms with Crippen LogP contribution in [0.4, 0.5) is 0 Å². The summed E-state index contributed by atoms with van der Waals surface area (Å²) in [5, 5.41) is 15.0. The molecule has 2 rings (SSSR count). The van der Waals surface area contributed by atoms with E-state index < -0.39 is 21.7 Å². The first-order valence-corrected chi connectivity index (χ1v) is 7.60. The Morgan fingerprint density at radius 2 is 2.26 bits per heavy atom. The molecule has 1 saturated heterocycles. The van der Waals surface area contributed by atoms with Crippen LogP contribution < -0.4 is 0 Å².